The minimum atomic E-state index is -3.84. The second-order valence-corrected chi connectivity index (χ2v) is 8.10. The summed E-state index contributed by atoms with van der Waals surface area (Å²) in [7, 11) is -3.84. The van der Waals surface area contributed by atoms with Gasteiger partial charge in [0.1, 0.15) is 5.75 Å². The van der Waals surface area contributed by atoms with Gasteiger partial charge in [-0.1, -0.05) is 42.5 Å². The minimum absolute atomic E-state index is 0.0982. The number of aromatic hydroxyl groups is 1. The molecule has 3 aromatic carbocycles. The van der Waals surface area contributed by atoms with Crippen molar-refractivity contribution in [3.63, 3.8) is 0 Å². The van der Waals surface area contributed by atoms with E-state index in [9.17, 15) is 23.4 Å². The van der Waals surface area contributed by atoms with Crippen LogP contribution < -0.4 is 9.83 Å². The van der Waals surface area contributed by atoms with Gasteiger partial charge in [0.05, 0.1) is 21.4 Å². The normalized spacial score (nSPS) is 11.4. The SMILES string of the molecule is O=C([O-])CSc1cc(NS(=O)(=O)c2ccccc2)c2ccccc2c1O. The molecule has 3 aromatic rings. The molecule has 0 saturated carbocycles. The summed E-state index contributed by atoms with van der Waals surface area (Å²) >= 11 is 0.859. The summed E-state index contributed by atoms with van der Waals surface area (Å²) in [6.45, 7) is 0. The zero-order valence-electron chi connectivity index (χ0n) is 13.4. The van der Waals surface area contributed by atoms with Gasteiger partial charge in [-0.3, -0.25) is 4.72 Å². The molecular formula is C18H14NO5S2-. The minimum Gasteiger partial charge on any atom is -0.549 e. The molecule has 0 aliphatic carbocycles. The van der Waals surface area contributed by atoms with Gasteiger partial charge >= 0.3 is 0 Å². The topological polar surface area (TPSA) is 107 Å². The maximum Gasteiger partial charge on any atom is 0.261 e. The van der Waals surface area contributed by atoms with E-state index in [0.717, 1.165) is 11.8 Å². The number of nitrogens with one attached hydrogen (secondary N) is 1. The van der Waals surface area contributed by atoms with Crippen molar-refractivity contribution in [1.82, 2.24) is 0 Å². The molecule has 0 radical (unpaired) electrons. The van der Waals surface area contributed by atoms with Gasteiger partial charge in [0, 0.05) is 16.5 Å². The molecule has 134 valence electrons. The lowest BCUT2D eigenvalue weighted by atomic mass is 10.1. The first-order valence-electron chi connectivity index (χ1n) is 7.54. The van der Waals surface area contributed by atoms with E-state index in [1.807, 2.05) is 0 Å². The molecule has 0 unspecified atom stereocenters. The number of carbonyl (C=O) groups excluding carboxylic acids is 1. The number of benzene rings is 3. The first-order chi connectivity index (χ1) is 12.4. The zero-order chi connectivity index (χ0) is 18.7. The fourth-order valence-electron chi connectivity index (χ4n) is 2.47. The third-order valence-electron chi connectivity index (χ3n) is 3.62. The third-order valence-corrected chi connectivity index (χ3v) is 6.01. The van der Waals surface area contributed by atoms with Gasteiger partial charge in [0.25, 0.3) is 10.0 Å². The highest BCUT2D eigenvalue weighted by atomic mass is 32.2. The van der Waals surface area contributed by atoms with Crippen LogP contribution in [-0.2, 0) is 14.8 Å². The largest absolute Gasteiger partial charge is 0.549 e. The predicted molar refractivity (Wildman–Crippen MR) is 98.6 cm³/mol. The standard InChI is InChI=1S/C18H15NO5S2/c20-17(21)11-25-16-10-15(13-8-4-5-9-14(13)18(16)22)19-26(23,24)12-6-2-1-3-7-12/h1-10,19,22H,11H2,(H,20,21)/p-1. The Bertz CT molecular complexity index is 1070. The highest BCUT2D eigenvalue weighted by Gasteiger charge is 2.18. The van der Waals surface area contributed by atoms with Crippen molar-refractivity contribution in [1.29, 1.82) is 0 Å². The predicted octanol–water partition coefficient (Wildman–Crippen LogP) is 2.19. The number of rotatable bonds is 6. The molecule has 6 nitrogen and oxygen atoms in total. The van der Waals surface area contributed by atoms with E-state index >= 15 is 0 Å². The Hall–Kier alpha value is -2.71. The van der Waals surface area contributed by atoms with E-state index in [1.54, 1.807) is 42.5 Å². The van der Waals surface area contributed by atoms with E-state index in [2.05, 4.69) is 4.72 Å². The molecule has 8 heteroatoms. The molecule has 0 spiro atoms. The Morgan fingerprint density at radius 1 is 1.04 bits per heavy atom. The van der Waals surface area contributed by atoms with E-state index in [4.69, 9.17) is 0 Å². The highest BCUT2D eigenvalue weighted by Crippen LogP contribution is 2.40. The fraction of sp³-hybridized carbons (Fsp3) is 0.0556. The number of sulfonamides is 1. The molecule has 0 aliphatic rings. The van der Waals surface area contributed by atoms with Crippen LogP contribution in [0.4, 0.5) is 5.69 Å². The average molecular weight is 388 g/mol. The van der Waals surface area contributed by atoms with Crippen LogP contribution in [0.25, 0.3) is 10.8 Å². The Labute approximate surface area is 154 Å². The van der Waals surface area contributed by atoms with Crippen LogP contribution >= 0.6 is 11.8 Å². The van der Waals surface area contributed by atoms with Gasteiger partial charge in [-0.2, -0.15) is 0 Å². The van der Waals surface area contributed by atoms with Crippen molar-refractivity contribution in [2.75, 3.05) is 10.5 Å². The number of phenols is 1. The summed E-state index contributed by atoms with van der Waals surface area (Å²) in [6.07, 6.45) is 0. The first kappa shape index (κ1) is 18.1. The summed E-state index contributed by atoms with van der Waals surface area (Å²) in [5, 5.41) is 22.0. The maximum atomic E-state index is 12.6. The lowest BCUT2D eigenvalue weighted by Gasteiger charge is -2.15. The number of carbonyl (C=O) groups is 1. The molecular weight excluding hydrogens is 374 g/mol. The van der Waals surface area contributed by atoms with E-state index in [-0.39, 0.29) is 27.0 Å². The van der Waals surface area contributed by atoms with Gasteiger partial charge in [-0.15, -0.1) is 11.8 Å². The number of hydrogen-bond acceptors (Lipinski definition) is 6. The molecule has 0 bridgehead atoms. The molecule has 0 aliphatic heterocycles. The Balaban J connectivity index is 2.10. The van der Waals surface area contributed by atoms with Gasteiger partial charge in [0.15, 0.2) is 0 Å². The van der Waals surface area contributed by atoms with Gasteiger partial charge in [-0.25, -0.2) is 8.42 Å². The fourth-order valence-corrected chi connectivity index (χ4v) is 4.28. The third kappa shape index (κ3) is 3.76. The van der Waals surface area contributed by atoms with Crippen molar-refractivity contribution >= 4 is 44.2 Å². The van der Waals surface area contributed by atoms with E-state index in [0.29, 0.717) is 10.8 Å². The first-order valence-corrected chi connectivity index (χ1v) is 10.0. The summed E-state index contributed by atoms with van der Waals surface area (Å²) in [4.78, 5) is 11.1. The molecule has 3 rings (SSSR count). The van der Waals surface area contributed by atoms with Crippen LogP contribution in [0.5, 0.6) is 5.75 Å². The lowest BCUT2D eigenvalue weighted by molar-refractivity contribution is -0.301. The summed E-state index contributed by atoms with van der Waals surface area (Å²) in [5.74, 6) is -1.75. The van der Waals surface area contributed by atoms with Crippen molar-refractivity contribution in [3.8, 4) is 5.75 Å². The number of phenolic OH excluding ortho intramolecular Hbond substituents is 1. The van der Waals surface area contributed by atoms with Crippen LogP contribution in [0.15, 0.2) is 70.5 Å². The maximum absolute atomic E-state index is 12.6. The lowest BCUT2D eigenvalue weighted by Crippen LogP contribution is -2.24. The summed E-state index contributed by atoms with van der Waals surface area (Å²) in [5.41, 5.74) is 0.253. The number of hydrogen-bond donors (Lipinski definition) is 2. The van der Waals surface area contributed by atoms with Gasteiger partial charge in [-0.05, 0) is 18.2 Å². The van der Waals surface area contributed by atoms with E-state index < -0.39 is 16.0 Å². The second kappa shape index (κ2) is 7.27. The van der Waals surface area contributed by atoms with Gasteiger partial charge in [0.2, 0.25) is 0 Å². The van der Waals surface area contributed by atoms with Crippen molar-refractivity contribution in [3.05, 3.63) is 60.7 Å². The molecule has 0 saturated heterocycles. The quantitative estimate of drug-likeness (QED) is 0.495. The van der Waals surface area contributed by atoms with Crippen LogP contribution in [0.3, 0.4) is 0 Å². The molecule has 0 atom stereocenters. The Kier molecular flexibility index (Phi) is 5.06. The molecule has 0 amide bonds. The Morgan fingerprint density at radius 3 is 2.31 bits per heavy atom. The van der Waals surface area contributed by atoms with Crippen molar-refractivity contribution in [2.24, 2.45) is 0 Å². The molecule has 0 fully saturated rings. The van der Waals surface area contributed by atoms with Crippen LogP contribution in [0.2, 0.25) is 0 Å². The molecule has 0 heterocycles. The van der Waals surface area contributed by atoms with Crippen LogP contribution in [0.1, 0.15) is 0 Å². The number of aliphatic carboxylic acids is 1. The zero-order valence-corrected chi connectivity index (χ0v) is 15.0. The molecule has 26 heavy (non-hydrogen) atoms. The number of carboxylic acid groups (broad SMARTS) is 1. The highest BCUT2D eigenvalue weighted by molar-refractivity contribution is 8.00. The summed E-state index contributed by atoms with van der Waals surface area (Å²) < 4.78 is 27.8. The summed E-state index contributed by atoms with van der Waals surface area (Å²) in [6, 6.07) is 16.0. The Morgan fingerprint density at radius 2 is 1.65 bits per heavy atom. The number of carboxylic acids is 1. The molecule has 0 aromatic heterocycles. The van der Waals surface area contributed by atoms with Gasteiger partial charge < -0.3 is 15.0 Å². The monoisotopic (exact) mass is 388 g/mol. The number of anilines is 1. The number of thioether (sulfide) groups is 1. The number of fused-ring (bicyclic) bond motifs is 1. The smallest absolute Gasteiger partial charge is 0.261 e. The van der Waals surface area contributed by atoms with Crippen LogP contribution in [0, 0.1) is 0 Å². The van der Waals surface area contributed by atoms with Crippen molar-refractivity contribution in [2.45, 2.75) is 9.79 Å². The average Bonchev–Trinajstić information content (AvgIpc) is 2.63. The van der Waals surface area contributed by atoms with Crippen molar-refractivity contribution < 1.29 is 23.4 Å². The second-order valence-electron chi connectivity index (χ2n) is 5.40. The van der Waals surface area contributed by atoms with E-state index in [1.165, 1.54) is 18.2 Å². The van der Waals surface area contributed by atoms with Crippen LogP contribution in [-0.4, -0.2) is 25.2 Å². The molecule has 2 N–H and O–H groups in total.